The normalized spacial score (nSPS) is 15.8. The smallest absolute Gasteiger partial charge is 0.175 e. The van der Waals surface area contributed by atoms with Gasteiger partial charge in [-0.25, -0.2) is 8.42 Å². The summed E-state index contributed by atoms with van der Waals surface area (Å²) in [7, 11) is -3.25. The van der Waals surface area contributed by atoms with Crippen LogP contribution in [0, 0.1) is 0 Å². The van der Waals surface area contributed by atoms with Crippen LogP contribution in [-0.2, 0) is 16.3 Å². The summed E-state index contributed by atoms with van der Waals surface area (Å²) in [5.74, 6) is 0. The Balaban J connectivity index is 3.16. The molecule has 90 valence electrons. The van der Waals surface area contributed by atoms with Crippen LogP contribution < -0.4 is 5.73 Å². The summed E-state index contributed by atoms with van der Waals surface area (Å²) in [6.07, 6.45) is 1.49. The summed E-state index contributed by atoms with van der Waals surface area (Å²) in [4.78, 5) is 0.278. The highest BCUT2D eigenvalue weighted by Crippen LogP contribution is 2.19. The lowest BCUT2D eigenvalue weighted by molar-refractivity contribution is 0.207. The molecule has 0 amide bonds. The lowest BCUT2D eigenvalue weighted by Crippen LogP contribution is -2.42. The highest BCUT2D eigenvalue weighted by Gasteiger charge is 2.21. The number of sulfone groups is 1. The first kappa shape index (κ1) is 13.2. The Morgan fingerprint density at radius 3 is 2.44 bits per heavy atom. The topological polar surface area (TPSA) is 80.4 Å². The van der Waals surface area contributed by atoms with Gasteiger partial charge in [0.15, 0.2) is 9.84 Å². The average Bonchev–Trinajstić information content (AvgIpc) is 2.16. The molecule has 0 aromatic heterocycles. The first-order chi connectivity index (χ1) is 7.26. The molecule has 0 heterocycles. The number of hydrogen-bond acceptors (Lipinski definition) is 4. The highest BCUT2D eigenvalue weighted by atomic mass is 32.2. The quantitative estimate of drug-likeness (QED) is 0.799. The van der Waals surface area contributed by atoms with Crippen molar-refractivity contribution < 1.29 is 13.5 Å². The Morgan fingerprint density at radius 1 is 1.38 bits per heavy atom. The molecule has 1 aromatic carbocycles. The molecule has 0 fully saturated rings. The van der Waals surface area contributed by atoms with Gasteiger partial charge in [-0.2, -0.15) is 0 Å². The summed E-state index contributed by atoms with van der Waals surface area (Å²) in [5, 5.41) is 9.07. The standard InChI is InChI=1S/C11H17NO3S/c1-11(12,8-13)7-9-5-3-4-6-10(9)16(2,14)15/h3-6,13H,7-8,12H2,1-2H3. The minimum absolute atomic E-state index is 0.189. The molecular weight excluding hydrogens is 226 g/mol. The lowest BCUT2D eigenvalue weighted by Gasteiger charge is -2.22. The van der Waals surface area contributed by atoms with E-state index in [0.29, 0.717) is 12.0 Å². The third-order valence-electron chi connectivity index (χ3n) is 2.33. The second-order valence-electron chi connectivity index (χ2n) is 4.37. The Kier molecular flexibility index (Phi) is 3.72. The summed E-state index contributed by atoms with van der Waals surface area (Å²) in [6, 6.07) is 6.71. The van der Waals surface area contributed by atoms with Gasteiger partial charge in [0.2, 0.25) is 0 Å². The maximum absolute atomic E-state index is 11.5. The number of aliphatic hydroxyl groups excluding tert-OH is 1. The zero-order valence-corrected chi connectivity index (χ0v) is 10.3. The molecule has 0 bridgehead atoms. The average molecular weight is 243 g/mol. The molecule has 0 saturated heterocycles. The van der Waals surface area contributed by atoms with Crippen molar-refractivity contribution in [1.82, 2.24) is 0 Å². The molecule has 16 heavy (non-hydrogen) atoms. The van der Waals surface area contributed by atoms with Gasteiger partial charge in [-0.1, -0.05) is 18.2 Å². The van der Waals surface area contributed by atoms with Gasteiger partial charge in [0.25, 0.3) is 0 Å². The number of nitrogens with two attached hydrogens (primary N) is 1. The van der Waals surface area contributed by atoms with E-state index < -0.39 is 15.4 Å². The van der Waals surface area contributed by atoms with Crippen LogP contribution in [-0.4, -0.2) is 31.9 Å². The van der Waals surface area contributed by atoms with Gasteiger partial charge in [0.1, 0.15) is 0 Å². The number of aliphatic hydroxyl groups is 1. The van der Waals surface area contributed by atoms with E-state index >= 15 is 0 Å². The van der Waals surface area contributed by atoms with Crippen molar-refractivity contribution in [1.29, 1.82) is 0 Å². The second kappa shape index (κ2) is 4.53. The first-order valence-corrected chi connectivity index (χ1v) is 6.83. The van der Waals surface area contributed by atoms with E-state index in [9.17, 15) is 8.42 Å². The van der Waals surface area contributed by atoms with E-state index in [1.165, 1.54) is 6.26 Å². The van der Waals surface area contributed by atoms with Crippen LogP contribution in [0.15, 0.2) is 29.2 Å². The molecular formula is C11H17NO3S. The third-order valence-corrected chi connectivity index (χ3v) is 3.52. The van der Waals surface area contributed by atoms with E-state index in [4.69, 9.17) is 10.8 Å². The lowest BCUT2D eigenvalue weighted by atomic mass is 9.95. The molecule has 0 spiro atoms. The molecule has 1 aromatic rings. The van der Waals surface area contributed by atoms with Crippen molar-refractivity contribution in [3.05, 3.63) is 29.8 Å². The van der Waals surface area contributed by atoms with Crippen LogP contribution in [0.4, 0.5) is 0 Å². The van der Waals surface area contributed by atoms with Crippen LogP contribution in [0.1, 0.15) is 12.5 Å². The highest BCUT2D eigenvalue weighted by molar-refractivity contribution is 7.90. The number of rotatable bonds is 4. The van der Waals surface area contributed by atoms with E-state index in [-0.39, 0.29) is 11.5 Å². The molecule has 5 heteroatoms. The summed E-state index contributed by atoms with van der Waals surface area (Å²) >= 11 is 0. The molecule has 3 N–H and O–H groups in total. The molecule has 1 rings (SSSR count). The van der Waals surface area contributed by atoms with Gasteiger partial charge in [0, 0.05) is 11.8 Å². The van der Waals surface area contributed by atoms with Crippen molar-refractivity contribution >= 4 is 9.84 Å². The van der Waals surface area contributed by atoms with Gasteiger partial charge in [0.05, 0.1) is 11.5 Å². The molecule has 1 unspecified atom stereocenters. The summed E-state index contributed by atoms with van der Waals surface area (Å²) in [6.45, 7) is 1.50. The molecule has 0 radical (unpaired) electrons. The van der Waals surface area contributed by atoms with Gasteiger partial charge < -0.3 is 10.8 Å². The van der Waals surface area contributed by atoms with Crippen molar-refractivity contribution in [2.24, 2.45) is 5.73 Å². The van der Waals surface area contributed by atoms with Gasteiger partial charge >= 0.3 is 0 Å². The molecule has 0 aliphatic rings. The van der Waals surface area contributed by atoms with E-state index in [2.05, 4.69) is 0 Å². The van der Waals surface area contributed by atoms with Crippen molar-refractivity contribution in [2.75, 3.05) is 12.9 Å². The Hall–Kier alpha value is -0.910. The zero-order valence-electron chi connectivity index (χ0n) is 9.47. The van der Waals surface area contributed by atoms with Crippen LogP contribution >= 0.6 is 0 Å². The second-order valence-corrected chi connectivity index (χ2v) is 6.35. The Labute approximate surface area is 96.0 Å². The Morgan fingerprint density at radius 2 is 1.94 bits per heavy atom. The minimum Gasteiger partial charge on any atom is -0.394 e. The van der Waals surface area contributed by atoms with Crippen LogP contribution in [0.25, 0.3) is 0 Å². The molecule has 0 aliphatic heterocycles. The molecule has 0 aliphatic carbocycles. The fourth-order valence-corrected chi connectivity index (χ4v) is 2.44. The Bertz CT molecular complexity index is 466. The zero-order chi connectivity index (χ0) is 12.4. The largest absolute Gasteiger partial charge is 0.394 e. The number of hydrogen-bond donors (Lipinski definition) is 2. The fraction of sp³-hybridized carbons (Fsp3) is 0.455. The number of benzene rings is 1. The maximum Gasteiger partial charge on any atom is 0.175 e. The van der Waals surface area contributed by atoms with E-state index in [1.54, 1.807) is 31.2 Å². The van der Waals surface area contributed by atoms with Gasteiger partial charge in [-0.15, -0.1) is 0 Å². The van der Waals surface area contributed by atoms with Crippen LogP contribution in [0.2, 0.25) is 0 Å². The van der Waals surface area contributed by atoms with Crippen LogP contribution in [0.3, 0.4) is 0 Å². The van der Waals surface area contributed by atoms with Crippen molar-refractivity contribution in [2.45, 2.75) is 23.8 Å². The minimum atomic E-state index is -3.25. The summed E-state index contributed by atoms with van der Waals surface area (Å²) in [5.41, 5.74) is 5.65. The monoisotopic (exact) mass is 243 g/mol. The summed E-state index contributed by atoms with van der Waals surface area (Å²) < 4.78 is 23.0. The first-order valence-electron chi connectivity index (χ1n) is 4.94. The van der Waals surface area contributed by atoms with Crippen molar-refractivity contribution in [3.8, 4) is 0 Å². The van der Waals surface area contributed by atoms with Crippen LogP contribution in [0.5, 0.6) is 0 Å². The van der Waals surface area contributed by atoms with E-state index in [1.807, 2.05) is 0 Å². The third kappa shape index (κ3) is 3.30. The van der Waals surface area contributed by atoms with Crippen molar-refractivity contribution in [3.63, 3.8) is 0 Å². The van der Waals surface area contributed by atoms with E-state index in [0.717, 1.165) is 0 Å². The fourth-order valence-electron chi connectivity index (χ4n) is 1.50. The molecule has 4 nitrogen and oxygen atoms in total. The maximum atomic E-state index is 11.5. The molecule has 1 atom stereocenters. The predicted molar refractivity (Wildman–Crippen MR) is 62.9 cm³/mol. The van der Waals surface area contributed by atoms with Gasteiger partial charge in [-0.05, 0) is 25.0 Å². The SMILES string of the molecule is CC(N)(CO)Cc1ccccc1S(C)(=O)=O. The molecule has 0 saturated carbocycles. The predicted octanol–water partition coefficient (Wildman–Crippen LogP) is 0.342. The van der Waals surface area contributed by atoms with Gasteiger partial charge in [-0.3, -0.25) is 0 Å².